The number of anilines is 1. The first kappa shape index (κ1) is 16.8. The zero-order valence-electron chi connectivity index (χ0n) is 14.9. The lowest BCUT2D eigenvalue weighted by Gasteiger charge is -2.08. The van der Waals surface area contributed by atoms with Crippen LogP contribution < -0.4 is 10.9 Å². The molecule has 4 aromatic rings. The molecule has 0 fully saturated rings. The van der Waals surface area contributed by atoms with Crippen LogP contribution in [0.5, 0.6) is 0 Å². The Morgan fingerprint density at radius 1 is 1.07 bits per heavy atom. The van der Waals surface area contributed by atoms with Crippen molar-refractivity contribution < 1.29 is 13.6 Å². The van der Waals surface area contributed by atoms with Gasteiger partial charge in [0, 0.05) is 22.4 Å². The van der Waals surface area contributed by atoms with Crippen molar-refractivity contribution in [3.05, 3.63) is 76.9 Å². The van der Waals surface area contributed by atoms with Crippen molar-refractivity contribution in [3.63, 3.8) is 0 Å². The Labute approximate surface area is 154 Å². The topological polar surface area (TPSA) is 72.5 Å². The smallest absolute Gasteiger partial charge is 0.360 e. The lowest BCUT2D eigenvalue weighted by atomic mass is 10.0. The van der Waals surface area contributed by atoms with Crippen LogP contribution in [0.3, 0.4) is 0 Å². The predicted octanol–water partition coefficient (Wildman–Crippen LogP) is 5.03. The van der Waals surface area contributed by atoms with Crippen LogP contribution in [0.4, 0.5) is 5.69 Å². The van der Waals surface area contributed by atoms with Gasteiger partial charge in [-0.1, -0.05) is 36.4 Å². The molecule has 0 atom stereocenters. The number of furan rings is 1. The van der Waals surface area contributed by atoms with Crippen molar-refractivity contribution in [1.82, 2.24) is 0 Å². The van der Waals surface area contributed by atoms with Crippen molar-refractivity contribution in [1.29, 1.82) is 0 Å². The van der Waals surface area contributed by atoms with E-state index in [-0.39, 0.29) is 11.6 Å². The molecule has 0 aliphatic heterocycles. The molecular weight excluding hydrogens is 342 g/mol. The van der Waals surface area contributed by atoms with Gasteiger partial charge in [0.15, 0.2) is 0 Å². The van der Waals surface area contributed by atoms with Gasteiger partial charge in [0.2, 0.25) is 5.91 Å². The number of hydrogen-bond acceptors (Lipinski definition) is 4. The Morgan fingerprint density at radius 3 is 2.59 bits per heavy atom. The molecule has 1 amide bonds. The molecule has 2 aromatic heterocycles. The summed E-state index contributed by atoms with van der Waals surface area (Å²) in [5, 5.41) is 4.26. The van der Waals surface area contributed by atoms with Gasteiger partial charge in [0.25, 0.3) is 0 Å². The minimum Gasteiger partial charge on any atom is -0.464 e. The van der Waals surface area contributed by atoms with E-state index < -0.39 is 5.63 Å². The molecule has 1 N–H and O–H groups in total. The highest BCUT2D eigenvalue weighted by molar-refractivity contribution is 6.05. The number of carbonyl (C=O) groups is 1. The molecule has 5 nitrogen and oxygen atoms in total. The number of rotatable bonds is 3. The van der Waals surface area contributed by atoms with Gasteiger partial charge in [-0.15, -0.1) is 0 Å². The summed E-state index contributed by atoms with van der Waals surface area (Å²) in [6.45, 7) is 3.52. The number of nitrogens with one attached hydrogen (secondary N) is 1. The first-order chi connectivity index (χ1) is 13.1. The molecule has 0 saturated carbocycles. The van der Waals surface area contributed by atoms with Crippen molar-refractivity contribution in [2.45, 2.75) is 13.8 Å². The molecule has 4 rings (SSSR count). The molecule has 0 radical (unpaired) electrons. The summed E-state index contributed by atoms with van der Waals surface area (Å²) in [4.78, 5) is 24.2. The van der Waals surface area contributed by atoms with E-state index in [0.717, 1.165) is 21.9 Å². The molecule has 0 bridgehead atoms. The minimum atomic E-state index is -0.591. The van der Waals surface area contributed by atoms with Gasteiger partial charge in [-0.25, -0.2) is 4.79 Å². The average molecular weight is 359 g/mol. The molecule has 0 aliphatic rings. The summed E-state index contributed by atoms with van der Waals surface area (Å²) >= 11 is 0. The van der Waals surface area contributed by atoms with Crippen molar-refractivity contribution in [3.8, 4) is 11.1 Å². The number of carbonyl (C=O) groups excluding carboxylic acids is 1. The van der Waals surface area contributed by atoms with Crippen LogP contribution in [0.1, 0.15) is 12.5 Å². The fraction of sp³-hybridized carbons (Fsp3) is 0.0909. The summed E-state index contributed by atoms with van der Waals surface area (Å²) in [5.41, 5.74) is 3.26. The largest absolute Gasteiger partial charge is 0.464 e. The van der Waals surface area contributed by atoms with Crippen LogP contribution in [0.15, 0.2) is 74.5 Å². The number of hydrogen-bond donors (Lipinski definition) is 1. The van der Waals surface area contributed by atoms with Crippen LogP contribution >= 0.6 is 0 Å². The van der Waals surface area contributed by atoms with Gasteiger partial charge in [0.1, 0.15) is 16.9 Å². The SMILES string of the molecule is C/C=C/C(=O)Nc1c(C)c2cc3c(-c4ccccc4)coc3cc2oc1=O. The second-order valence-electron chi connectivity index (χ2n) is 6.24. The maximum atomic E-state index is 12.3. The highest BCUT2D eigenvalue weighted by Crippen LogP contribution is 2.35. The predicted molar refractivity (Wildman–Crippen MR) is 106 cm³/mol. The average Bonchev–Trinajstić information content (AvgIpc) is 3.07. The lowest BCUT2D eigenvalue weighted by Crippen LogP contribution is -2.17. The van der Waals surface area contributed by atoms with Crippen LogP contribution in [0.2, 0.25) is 0 Å². The van der Waals surface area contributed by atoms with Gasteiger partial charge >= 0.3 is 5.63 Å². The zero-order chi connectivity index (χ0) is 19.0. The van der Waals surface area contributed by atoms with E-state index in [2.05, 4.69) is 5.32 Å². The standard InChI is InChI=1S/C22H17NO4/c1-3-7-20(24)23-21-13(2)15-10-16-17(14-8-5-4-6-9-14)12-26-18(16)11-19(15)27-22(21)25/h3-12H,1-2H3,(H,23,24)/b7-3+. The second kappa shape index (κ2) is 6.61. The van der Waals surface area contributed by atoms with E-state index >= 15 is 0 Å². The summed E-state index contributed by atoms with van der Waals surface area (Å²) in [5.74, 6) is -0.374. The molecule has 2 heterocycles. The number of allylic oxidation sites excluding steroid dienone is 1. The third kappa shape index (κ3) is 2.93. The number of fused-ring (bicyclic) bond motifs is 2. The Hall–Kier alpha value is -3.60. The molecule has 0 spiro atoms. The normalized spacial score (nSPS) is 11.5. The third-order valence-electron chi connectivity index (χ3n) is 4.51. The Balaban J connectivity index is 1.94. The van der Waals surface area contributed by atoms with Crippen molar-refractivity contribution in [2.75, 3.05) is 5.32 Å². The van der Waals surface area contributed by atoms with E-state index in [1.807, 2.05) is 36.4 Å². The third-order valence-corrected chi connectivity index (χ3v) is 4.51. The van der Waals surface area contributed by atoms with E-state index in [1.54, 1.807) is 32.3 Å². The highest BCUT2D eigenvalue weighted by atomic mass is 16.4. The molecule has 27 heavy (non-hydrogen) atoms. The van der Waals surface area contributed by atoms with Crippen molar-refractivity contribution in [2.24, 2.45) is 0 Å². The van der Waals surface area contributed by atoms with E-state index in [9.17, 15) is 9.59 Å². The Bertz CT molecular complexity index is 1250. The van der Waals surface area contributed by atoms with E-state index in [4.69, 9.17) is 8.83 Å². The quantitative estimate of drug-likeness (QED) is 0.411. The van der Waals surface area contributed by atoms with Crippen LogP contribution in [-0.4, -0.2) is 5.91 Å². The van der Waals surface area contributed by atoms with E-state index in [1.165, 1.54) is 6.08 Å². The van der Waals surface area contributed by atoms with E-state index in [0.29, 0.717) is 16.7 Å². The van der Waals surface area contributed by atoms with Gasteiger partial charge in [0.05, 0.1) is 6.26 Å². The van der Waals surface area contributed by atoms with Gasteiger partial charge in [-0.3, -0.25) is 4.79 Å². The maximum Gasteiger partial charge on any atom is 0.360 e. The second-order valence-corrected chi connectivity index (χ2v) is 6.24. The zero-order valence-corrected chi connectivity index (χ0v) is 14.9. The Kier molecular flexibility index (Phi) is 4.12. The maximum absolute atomic E-state index is 12.3. The molecular formula is C22H17NO4. The molecule has 2 aromatic carbocycles. The molecule has 0 unspecified atom stereocenters. The summed E-state index contributed by atoms with van der Waals surface area (Å²) in [6.07, 6.45) is 4.66. The van der Waals surface area contributed by atoms with Gasteiger partial charge < -0.3 is 14.2 Å². The number of amides is 1. The monoisotopic (exact) mass is 359 g/mol. The highest BCUT2D eigenvalue weighted by Gasteiger charge is 2.16. The summed E-state index contributed by atoms with van der Waals surface area (Å²) in [6, 6.07) is 13.6. The van der Waals surface area contributed by atoms with Gasteiger partial charge in [-0.2, -0.15) is 0 Å². The molecule has 134 valence electrons. The fourth-order valence-corrected chi connectivity index (χ4v) is 3.17. The fourth-order valence-electron chi connectivity index (χ4n) is 3.17. The first-order valence-corrected chi connectivity index (χ1v) is 8.56. The molecule has 5 heteroatoms. The minimum absolute atomic E-state index is 0.148. The Morgan fingerprint density at radius 2 is 1.85 bits per heavy atom. The van der Waals surface area contributed by atoms with Crippen LogP contribution in [-0.2, 0) is 4.79 Å². The summed E-state index contributed by atoms with van der Waals surface area (Å²) in [7, 11) is 0. The van der Waals surface area contributed by atoms with Gasteiger partial charge in [-0.05, 0) is 37.1 Å². The molecule has 0 aliphatic carbocycles. The number of benzene rings is 2. The summed E-state index contributed by atoms with van der Waals surface area (Å²) < 4.78 is 11.1. The van der Waals surface area contributed by atoms with Crippen LogP contribution in [0.25, 0.3) is 33.1 Å². The first-order valence-electron chi connectivity index (χ1n) is 8.56. The molecule has 0 saturated heterocycles. The lowest BCUT2D eigenvalue weighted by molar-refractivity contribution is -0.111. The van der Waals surface area contributed by atoms with Crippen molar-refractivity contribution >= 4 is 33.5 Å². The van der Waals surface area contributed by atoms with Crippen LogP contribution in [0, 0.1) is 6.92 Å². The number of aryl methyl sites for hydroxylation is 1.